The minimum atomic E-state index is -1.15. The molecule has 2 aromatic heterocycles. The zero-order chi connectivity index (χ0) is 30.5. The van der Waals surface area contributed by atoms with E-state index in [-0.39, 0.29) is 24.3 Å². The Balaban J connectivity index is 1.36. The van der Waals surface area contributed by atoms with Crippen LogP contribution in [-0.2, 0) is 29.1 Å². The highest BCUT2D eigenvalue weighted by Crippen LogP contribution is 2.25. The van der Waals surface area contributed by atoms with Gasteiger partial charge in [0.2, 0.25) is 5.88 Å². The molecule has 0 unspecified atom stereocenters. The molecule has 216 valence electrons. The first-order chi connectivity index (χ1) is 20.7. The minimum absolute atomic E-state index is 0.0479. The fraction of sp³-hybridized carbons (Fsp3) is 0.156. The number of methoxy groups -OCH3 is 1. The summed E-state index contributed by atoms with van der Waals surface area (Å²) < 4.78 is 26.7. The third-order valence-corrected chi connectivity index (χ3v) is 6.88. The van der Waals surface area contributed by atoms with Crippen LogP contribution in [0.5, 0.6) is 5.88 Å². The topological polar surface area (TPSA) is 148 Å². The zero-order valence-electron chi connectivity index (χ0n) is 22.9. The summed E-state index contributed by atoms with van der Waals surface area (Å²) in [7, 11) is 1.30. The largest absolute Gasteiger partial charge is 0.479 e. The number of ether oxygens (including phenoxy) is 2. The number of nitrogens with zero attached hydrogens (tertiary/aromatic N) is 4. The number of carboxylic acids is 2. The van der Waals surface area contributed by atoms with E-state index in [4.69, 9.17) is 14.7 Å². The van der Waals surface area contributed by atoms with Gasteiger partial charge >= 0.3 is 11.9 Å². The van der Waals surface area contributed by atoms with Gasteiger partial charge in [-0.1, -0.05) is 36.4 Å². The molecule has 0 aliphatic heterocycles. The summed E-state index contributed by atoms with van der Waals surface area (Å²) in [5, 5.41) is 27.9. The van der Waals surface area contributed by atoms with Crippen molar-refractivity contribution in [2.45, 2.75) is 25.7 Å². The number of aromatic carboxylic acids is 1. The third-order valence-electron chi connectivity index (χ3n) is 6.88. The van der Waals surface area contributed by atoms with Gasteiger partial charge in [-0.2, -0.15) is 5.26 Å². The van der Waals surface area contributed by atoms with Crippen LogP contribution in [0.25, 0.3) is 22.3 Å². The van der Waals surface area contributed by atoms with Gasteiger partial charge in [-0.15, -0.1) is 0 Å². The van der Waals surface area contributed by atoms with Gasteiger partial charge < -0.3 is 24.3 Å². The molecule has 0 bridgehead atoms. The van der Waals surface area contributed by atoms with E-state index < -0.39 is 23.9 Å². The third kappa shape index (κ3) is 6.50. The van der Waals surface area contributed by atoms with Crippen LogP contribution < -0.4 is 4.74 Å². The lowest BCUT2D eigenvalue weighted by atomic mass is 10.1. The Bertz CT molecular complexity index is 1860. The van der Waals surface area contributed by atoms with Crippen LogP contribution in [0, 0.1) is 17.1 Å². The second-order valence-corrected chi connectivity index (χ2v) is 9.65. The number of pyridine rings is 1. The monoisotopic (exact) mass is 580 g/mol. The number of aromatic nitrogens is 3. The van der Waals surface area contributed by atoms with Crippen molar-refractivity contribution in [2.75, 3.05) is 7.11 Å². The van der Waals surface area contributed by atoms with Crippen molar-refractivity contribution >= 4 is 23.0 Å². The average Bonchev–Trinajstić information content (AvgIpc) is 3.35. The van der Waals surface area contributed by atoms with Crippen molar-refractivity contribution < 1.29 is 33.7 Å². The number of nitriles is 1. The van der Waals surface area contributed by atoms with Gasteiger partial charge in [0, 0.05) is 30.7 Å². The Morgan fingerprint density at radius 1 is 1.02 bits per heavy atom. The molecule has 10 nitrogen and oxygen atoms in total. The molecule has 0 amide bonds. The van der Waals surface area contributed by atoms with E-state index in [2.05, 4.69) is 9.97 Å². The van der Waals surface area contributed by atoms with Gasteiger partial charge in [0.25, 0.3) is 0 Å². The van der Waals surface area contributed by atoms with Crippen LogP contribution in [0.2, 0.25) is 0 Å². The number of carbonyl (C=O) groups is 2. The number of fused-ring (bicyclic) bond motifs is 1. The molecule has 0 saturated heterocycles. The van der Waals surface area contributed by atoms with Crippen molar-refractivity contribution in [3.8, 4) is 23.2 Å². The quantitative estimate of drug-likeness (QED) is 0.218. The van der Waals surface area contributed by atoms with E-state index in [1.807, 2.05) is 36.4 Å². The smallest absolute Gasteiger partial charge is 0.335 e. The lowest BCUT2D eigenvalue weighted by molar-refractivity contribution is -0.149. The number of imidazole rings is 1. The number of hydrogen-bond acceptors (Lipinski definition) is 7. The van der Waals surface area contributed by atoms with Crippen LogP contribution in [0.4, 0.5) is 4.39 Å². The molecule has 1 atom stereocenters. The van der Waals surface area contributed by atoms with E-state index in [9.17, 15) is 24.2 Å². The summed E-state index contributed by atoms with van der Waals surface area (Å²) in [4.78, 5) is 32.4. The Kier molecular flexibility index (Phi) is 8.41. The van der Waals surface area contributed by atoms with Crippen molar-refractivity contribution in [1.82, 2.24) is 14.5 Å². The molecule has 43 heavy (non-hydrogen) atoms. The van der Waals surface area contributed by atoms with Crippen molar-refractivity contribution in [3.63, 3.8) is 0 Å². The van der Waals surface area contributed by atoms with Crippen molar-refractivity contribution in [1.29, 1.82) is 5.26 Å². The average molecular weight is 581 g/mol. The Labute approximate surface area is 245 Å². The highest BCUT2D eigenvalue weighted by atomic mass is 19.1. The minimum Gasteiger partial charge on any atom is -0.479 e. The molecule has 3 aromatic carbocycles. The van der Waals surface area contributed by atoms with Gasteiger partial charge in [-0.25, -0.2) is 23.9 Å². The molecule has 0 aliphatic rings. The number of rotatable bonds is 11. The van der Waals surface area contributed by atoms with E-state index in [1.54, 1.807) is 22.8 Å². The molecule has 11 heteroatoms. The fourth-order valence-corrected chi connectivity index (χ4v) is 4.58. The Hall–Kier alpha value is -5.60. The SMILES string of the molecule is CO[C@H](Cn1c(Cc2ccc(-c3cccc(OCc4ccc(C#N)cc4F)n3)cc2)nc2ccc(C(=O)O)cc21)C(=O)O. The second-order valence-electron chi connectivity index (χ2n) is 9.65. The highest BCUT2D eigenvalue weighted by Gasteiger charge is 2.22. The molecule has 0 fully saturated rings. The Morgan fingerprint density at radius 2 is 1.81 bits per heavy atom. The van der Waals surface area contributed by atoms with Crippen LogP contribution in [0.15, 0.2) is 78.9 Å². The normalized spacial score (nSPS) is 11.7. The van der Waals surface area contributed by atoms with Crippen LogP contribution >= 0.6 is 0 Å². The summed E-state index contributed by atoms with van der Waals surface area (Å²) in [6.07, 6.45) is -0.804. The van der Waals surface area contributed by atoms with Gasteiger partial charge in [-0.3, -0.25) is 0 Å². The number of aliphatic carboxylic acids is 1. The van der Waals surface area contributed by atoms with Crippen LogP contribution in [0.3, 0.4) is 0 Å². The molecule has 5 aromatic rings. The van der Waals surface area contributed by atoms with E-state index in [0.717, 1.165) is 17.2 Å². The maximum Gasteiger partial charge on any atom is 0.335 e. The molecular weight excluding hydrogens is 555 g/mol. The number of halogens is 1. The zero-order valence-corrected chi connectivity index (χ0v) is 22.9. The molecule has 2 heterocycles. The van der Waals surface area contributed by atoms with E-state index >= 15 is 0 Å². The summed E-state index contributed by atoms with van der Waals surface area (Å²) in [6.45, 7) is -0.102. The van der Waals surface area contributed by atoms with Gasteiger partial charge in [0.15, 0.2) is 6.10 Å². The van der Waals surface area contributed by atoms with Crippen LogP contribution in [0.1, 0.15) is 32.9 Å². The lowest BCUT2D eigenvalue weighted by Crippen LogP contribution is -2.28. The maximum absolute atomic E-state index is 14.2. The molecule has 5 rings (SSSR count). The van der Waals surface area contributed by atoms with Crippen LogP contribution in [-0.4, -0.2) is 49.9 Å². The summed E-state index contributed by atoms with van der Waals surface area (Å²) >= 11 is 0. The first-order valence-corrected chi connectivity index (χ1v) is 13.1. The van der Waals surface area contributed by atoms with E-state index in [1.165, 1.54) is 31.4 Å². The molecule has 0 aliphatic carbocycles. The van der Waals surface area contributed by atoms with Crippen molar-refractivity contribution in [3.05, 3.63) is 113 Å². The summed E-state index contributed by atoms with van der Waals surface area (Å²) in [5.41, 5.74) is 3.97. The standard InChI is InChI=1S/C32H25FN4O6/c1-42-28(32(40)41)17-37-27-15-22(31(38)39)11-12-26(27)35-29(37)14-19-5-8-21(9-6-19)25-3-2-4-30(36-25)43-18-23-10-7-20(16-34)13-24(23)33/h2-13,15,28H,14,17-18H2,1H3,(H,38,39)(H,40,41)/t28-/m1/s1. The van der Waals surface area contributed by atoms with Gasteiger partial charge in [0.1, 0.15) is 18.2 Å². The van der Waals surface area contributed by atoms with Gasteiger partial charge in [-0.05, 0) is 42.0 Å². The van der Waals surface area contributed by atoms with Crippen molar-refractivity contribution in [2.24, 2.45) is 0 Å². The van der Waals surface area contributed by atoms with E-state index in [0.29, 0.717) is 40.4 Å². The summed E-state index contributed by atoms with van der Waals surface area (Å²) in [5.74, 6) is -1.90. The first-order valence-electron chi connectivity index (χ1n) is 13.1. The molecule has 0 spiro atoms. The summed E-state index contributed by atoms with van der Waals surface area (Å²) in [6, 6.07) is 23.4. The first kappa shape index (κ1) is 28.9. The predicted octanol–water partition coefficient (Wildman–Crippen LogP) is 5.08. The fourth-order valence-electron chi connectivity index (χ4n) is 4.58. The predicted molar refractivity (Wildman–Crippen MR) is 153 cm³/mol. The number of carboxylic acid groups (broad SMARTS) is 2. The molecule has 0 radical (unpaired) electrons. The lowest BCUT2D eigenvalue weighted by Gasteiger charge is -2.15. The second kappa shape index (κ2) is 12.5. The molecule has 0 saturated carbocycles. The number of benzene rings is 3. The molecule has 2 N–H and O–H groups in total. The maximum atomic E-state index is 14.2. The molecular formula is C32H25FN4O6. The number of hydrogen-bond donors (Lipinski definition) is 2. The van der Waals surface area contributed by atoms with Gasteiger partial charge in [0.05, 0.1) is 40.5 Å². The Morgan fingerprint density at radius 3 is 2.49 bits per heavy atom. The highest BCUT2D eigenvalue weighted by molar-refractivity contribution is 5.92.